The van der Waals surface area contributed by atoms with Crippen LogP contribution in [0.1, 0.15) is 40.0 Å². The van der Waals surface area contributed by atoms with Gasteiger partial charge in [-0.15, -0.1) is 0 Å². The van der Waals surface area contributed by atoms with Crippen molar-refractivity contribution < 1.29 is 0 Å². The number of nitrogens with two attached hydrogens (primary N) is 1. The molecule has 0 aliphatic rings. The van der Waals surface area contributed by atoms with Crippen LogP contribution in [0.3, 0.4) is 0 Å². The van der Waals surface area contributed by atoms with Gasteiger partial charge in [0.15, 0.2) is 0 Å². The molecule has 0 aromatic rings. The molecule has 1 nitrogen and oxygen atoms in total. The highest BCUT2D eigenvalue weighted by Crippen LogP contribution is 2.19. The fraction of sp³-hybridized carbons (Fsp3) is 1.00. The topological polar surface area (TPSA) is 26.0 Å². The van der Waals surface area contributed by atoms with Gasteiger partial charge in [-0.05, 0) is 18.1 Å². The van der Waals surface area contributed by atoms with Crippen LogP contribution in [0.15, 0.2) is 0 Å². The summed E-state index contributed by atoms with van der Waals surface area (Å²) in [5.41, 5.74) is 0. The summed E-state index contributed by atoms with van der Waals surface area (Å²) in [6, 6.07) is 3.98. The smallest absolute Gasteiger partial charge is 0.123 e. The average molecular weight is 173 g/mol. The Balaban J connectivity index is 3.79. The molecule has 0 rings (SSSR count). The Hall–Kier alpha value is 0.177. The highest BCUT2D eigenvalue weighted by atomic mass is 28.3. The highest BCUT2D eigenvalue weighted by Gasteiger charge is 2.24. The van der Waals surface area contributed by atoms with E-state index in [0.717, 1.165) is 0 Å². The molecule has 0 spiro atoms. The first kappa shape index (κ1) is 11.2. The van der Waals surface area contributed by atoms with Crippen molar-refractivity contribution in [3.8, 4) is 0 Å². The number of hydrogen-bond donors (Lipinski definition) is 1. The first-order valence-electron chi connectivity index (χ1n) is 4.97. The van der Waals surface area contributed by atoms with Crippen LogP contribution in [0.2, 0.25) is 18.1 Å². The second kappa shape index (κ2) is 5.78. The molecule has 0 saturated heterocycles. The maximum absolute atomic E-state index is 6.37. The Morgan fingerprint density at radius 2 is 1.09 bits per heavy atom. The zero-order chi connectivity index (χ0) is 8.74. The van der Waals surface area contributed by atoms with Crippen LogP contribution in [0.5, 0.6) is 0 Å². The molecule has 0 saturated carbocycles. The summed E-state index contributed by atoms with van der Waals surface area (Å²) >= 11 is 0. The van der Waals surface area contributed by atoms with E-state index in [1.165, 1.54) is 37.4 Å². The molecule has 0 radical (unpaired) electrons. The maximum atomic E-state index is 6.37. The Bertz CT molecular complexity index is 76.5. The van der Waals surface area contributed by atoms with Crippen molar-refractivity contribution in [2.75, 3.05) is 0 Å². The van der Waals surface area contributed by atoms with E-state index in [1.807, 2.05) is 0 Å². The molecule has 0 atom stereocenters. The van der Waals surface area contributed by atoms with Gasteiger partial charge < -0.3 is 5.40 Å². The summed E-state index contributed by atoms with van der Waals surface area (Å²) in [5.74, 6) is 0. The molecule has 11 heavy (non-hydrogen) atoms. The van der Waals surface area contributed by atoms with E-state index in [1.54, 1.807) is 0 Å². The Morgan fingerprint density at radius 3 is 1.27 bits per heavy atom. The van der Waals surface area contributed by atoms with Crippen LogP contribution in [-0.2, 0) is 0 Å². The lowest BCUT2D eigenvalue weighted by atomic mass is 10.6. The van der Waals surface area contributed by atoms with Gasteiger partial charge in [-0.3, -0.25) is 0 Å². The molecule has 0 aromatic heterocycles. The summed E-state index contributed by atoms with van der Waals surface area (Å²) in [6.45, 7) is 6.75. The minimum Gasteiger partial charge on any atom is -0.351 e. The summed E-state index contributed by atoms with van der Waals surface area (Å²) in [6.07, 6.45) is 3.84. The third-order valence-corrected chi connectivity index (χ3v) is 6.73. The SMILES string of the molecule is CCC[Si](N)(CCC)CCC. The lowest BCUT2D eigenvalue weighted by molar-refractivity contribution is 0.917. The lowest BCUT2D eigenvalue weighted by Gasteiger charge is -2.25. The molecule has 0 bridgehead atoms. The maximum Gasteiger partial charge on any atom is 0.123 e. The van der Waals surface area contributed by atoms with Gasteiger partial charge >= 0.3 is 0 Å². The second-order valence-electron chi connectivity index (χ2n) is 3.61. The Labute approximate surface area is 72.5 Å². The van der Waals surface area contributed by atoms with E-state index >= 15 is 0 Å². The van der Waals surface area contributed by atoms with Crippen molar-refractivity contribution in [1.29, 1.82) is 0 Å². The molecular formula is C9H23NSi. The van der Waals surface area contributed by atoms with E-state index in [-0.39, 0.29) is 0 Å². The number of hydrogen-bond acceptors (Lipinski definition) is 1. The van der Waals surface area contributed by atoms with Crippen LogP contribution in [-0.4, -0.2) is 8.24 Å². The van der Waals surface area contributed by atoms with E-state index in [4.69, 9.17) is 5.40 Å². The second-order valence-corrected chi connectivity index (χ2v) is 7.84. The Morgan fingerprint density at radius 1 is 0.818 bits per heavy atom. The molecule has 68 valence electrons. The van der Waals surface area contributed by atoms with Gasteiger partial charge in [0.25, 0.3) is 0 Å². The highest BCUT2D eigenvalue weighted by molar-refractivity contribution is 6.76. The molecule has 2 N–H and O–H groups in total. The quantitative estimate of drug-likeness (QED) is 0.614. The summed E-state index contributed by atoms with van der Waals surface area (Å²) in [4.78, 5) is 0. The van der Waals surface area contributed by atoms with Crippen LogP contribution >= 0.6 is 0 Å². The molecule has 0 amide bonds. The van der Waals surface area contributed by atoms with Crippen LogP contribution in [0.25, 0.3) is 0 Å². The van der Waals surface area contributed by atoms with E-state index < -0.39 is 8.24 Å². The molecule has 0 aromatic carbocycles. The Kier molecular flexibility index (Phi) is 5.87. The minimum atomic E-state index is -1.25. The van der Waals surface area contributed by atoms with E-state index in [0.29, 0.717) is 0 Å². The van der Waals surface area contributed by atoms with Crippen molar-refractivity contribution in [1.82, 2.24) is 0 Å². The molecule has 2 heteroatoms. The van der Waals surface area contributed by atoms with Crippen LogP contribution in [0, 0.1) is 0 Å². The molecule has 0 heterocycles. The summed E-state index contributed by atoms with van der Waals surface area (Å²) in [7, 11) is -1.25. The van der Waals surface area contributed by atoms with Crippen LogP contribution < -0.4 is 5.40 Å². The third-order valence-electron chi connectivity index (χ3n) is 2.24. The zero-order valence-electron chi connectivity index (χ0n) is 8.32. The normalized spacial score (nSPS) is 12.0. The standard InChI is InChI=1S/C9H23NSi/c1-4-7-11(10,8-5-2)9-6-3/h4-10H2,1-3H3. The summed E-state index contributed by atoms with van der Waals surface area (Å²) in [5, 5.41) is 6.37. The van der Waals surface area contributed by atoms with Crippen molar-refractivity contribution in [2.45, 2.75) is 58.2 Å². The monoisotopic (exact) mass is 173 g/mol. The van der Waals surface area contributed by atoms with Crippen molar-refractivity contribution in [3.63, 3.8) is 0 Å². The van der Waals surface area contributed by atoms with Crippen LogP contribution in [0.4, 0.5) is 0 Å². The predicted octanol–water partition coefficient (Wildman–Crippen LogP) is 3.12. The van der Waals surface area contributed by atoms with Gasteiger partial charge in [0, 0.05) is 0 Å². The zero-order valence-corrected chi connectivity index (χ0v) is 9.32. The fourth-order valence-electron chi connectivity index (χ4n) is 1.87. The molecule has 0 aliphatic carbocycles. The van der Waals surface area contributed by atoms with E-state index in [2.05, 4.69) is 20.8 Å². The van der Waals surface area contributed by atoms with Gasteiger partial charge in [-0.2, -0.15) is 0 Å². The molecular weight excluding hydrogens is 150 g/mol. The van der Waals surface area contributed by atoms with E-state index in [9.17, 15) is 0 Å². The number of rotatable bonds is 6. The van der Waals surface area contributed by atoms with Gasteiger partial charge in [0.1, 0.15) is 8.24 Å². The van der Waals surface area contributed by atoms with Gasteiger partial charge in [0.05, 0.1) is 0 Å². The van der Waals surface area contributed by atoms with Crippen molar-refractivity contribution in [2.24, 2.45) is 5.40 Å². The fourth-order valence-corrected chi connectivity index (χ4v) is 5.61. The molecule has 0 aliphatic heterocycles. The average Bonchev–Trinajstić information content (AvgIpc) is 1.88. The van der Waals surface area contributed by atoms with Gasteiger partial charge in [-0.25, -0.2) is 0 Å². The third kappa shape index (κ3) is 4.59. The molecule has 0 fully saturated rings. The largest absolute Gasteiger partial charge is 0.351 e. The molecule has 0 unspecified atom stereocenters. The predicted molar refractivity (Wildman–Crippen MR) is 55.2 cm³/mol. The van der Waals surface area contributed by atoms with Gasteiger partial charge in [0.2, 0.25) is 0 Å². The van der Waals surface area contributed by atoms with Crippen molar-refractivity contribution in [3.05, 3.63) is 0 Å². The first-order chi connectivity index (χ1) is 5.18. The lowest BCUT2D eigenvalue weighted by Crippen LogP contribution is -2.44. The van der Waals surface area contributed by atoms with Gasteiger partial charge in [-0.1, -0.05) is 40.0 Å². The minimum absolute atomic E-state index is 1.25. The van der Waals surface area contributed by atoms with Crippen molar-refractivity contribution >= 4 is 8.24 Å². The summed E-state index contributed by atoms with van der Waals surface area (Å²) < 4.78 is 0. The first-order valence-corrected chi connectivity index (χ1v) is 7.67.